The van der Waals surface area contributed by atoms with Crippen molar-refractivity contribution in [2.75, 3.05) is 31.1 Å². The largest absolute Gasteiger partial charge is 0.460 e. The van der Waals surface area contributed by atoms with Crippen LogP contribution in [0.2, 0.25) is 0 Å². The highest BCUT2D eigenvalue weighted by atomic mass is 16.5. The Kier molecular flexibility index (Phi) is 8.46. The van der Waals surface area contributed by atoms with Crippen LogP contribution in [0.1, 0.15) is 41.8 Å². The van der Waals surface area contributed by atoms with Crippen LogP contribution >= 0.6 is 0 Å². The molecule has 1 amide bonds. The number of rotatable bonds is 10. The summed E-state index contributed by atoms with van der Waals surface area (Å²) < 4.78 is 5.20. The number of aromatic nitrogens is 1. The number of nitrogens with zero attached hydrogens (tertiary/aromatic N) is 2. The van der Waals surface area contributed by atoms with Crippen molar-refractivity contribution < 1.29 is 14.3 Å². The molecule has 0 saturated carbocycles. The number of nitrogens with one attached hydrogen (secondary N) is 1. The molecule has 0 spiro atoms. The third kappa shape index (κ3) is 6.68. The number of ether oxygens (including phenoxy) is 1. The van der Waals surface area contributed by atoms with Gasteiger partial charge in [0.25, 0.3) is 0 Å². The van der Waals surface area contributed by atoms with Crippen LogP contribution in [0.5, 0.6) is 0 Å². The maximum Gasteiger partial charge on any atom is 0.339 e. The predicted octanol–water partition coefficient (Wildman–Crippen LogP) is 3.14. The third-order valence-corrected chi connectivity index (χ3v) is 4.49. The predicted molar refractivity (Wildman–Crippen MR) is 111 cm³/mol. The van der Waals surface area contributed by atoms with E-state index in [4.69, 9.17) is 4.74 Å². The fourth-order valence-electron chi connectivity index (χ4n) is 2.76. The summed E-state index contributed by atoms with van der Waals surface area (Å²) in [5.41, 5.74) is 2.74. The second-order valence-corrected chi connectivity index (χ2v) is 6.55. The molecule has 0 aliphatic heterocycles. The van der Waals surface area contributed by atoms with Gasteiger partial charge in [-0.2, -0.15) is 0 Å². The zero-order valence-corrected chi connectivity index (χ0v) is 16.9. The third-order valence-electron chi connectivity index (χ3n) is 4.49. The molecule has 6 nitrogen and oxygen atoms in total. The minimum absolute atomic E-state index is 0.0538. The van der Waals surface area contributed by atoms with Crippen LogP contribution in [0.4, 0.5) is 5.82 Å². The number of hydrogen-bond donors (Lipinski definition) is 1. The van der Waals surface area contributed by atoms with Gasteiger partial charge >= 0.3 is 5.97 Å². The Hall–Kier alpha value is -2.89. The molecule has 6 heteroatoms. The van der Waals surface area contributed by atoms with Gasteiger partial charge in [0.2, 0.25) is 5.91 Å². The number of esters is 1. The van der Waals surface area contributed by atoms with Gasteiger partial charge < -0.3 is 15.0 Å². The fraction of sp³-hybridized carbons (Fsp3) is 0.409. The molecule has 1 N–H and O–H groups in total. The highest BCUT2D eigenvalue weighted by Crippen LogP contribution is 2.11. The molecule has 150 valence electrons. The Morgan fingerprint density at radius 2 is 1.79 bits per heavy atom. The normalized spacial score (nSPS) is 10.4. The topological polar surface area (TPSA) is 71.5 Å². The van der Waals surface area contributed by atoms with Gasteiger partial charge in [-0.05, 0) is 44.9 Å². The quantitative estimate of drug-likeness (QED) is 0.504. The van der Waals surface area contributed by atoms with Gasteiger partial charge in [0.05, 0.1) is 12.1 Å². The first-order valence-corrected chi connectivity index (χ1v) is 9.73. The molecule has 1 heterocycles. The number of amides is 1. The Bertz CT molecular complexity index is 754. The minimum Gasteiger partial charge on any atom is -0.460 e. The van der Waals surface area contributed by atoms with Gasteiger partial charge in [-0.15, -0.1) is 0 Å². The summed E-state index contributed by atoms with van der Waals surface area (Å²) in [5.74, 6) is 0.344. The number of benzene rings is 1. The zero-order valence-electron chi connectivity index (χ0n) is 16.9. The van der Waals surface area contributed by atoms with Crippen molar-refractivity contribution in [3.8, 4) is 0 Å². The van der Waals surface area contributed by atoms with E-state index in [1.54, 1.807) is 6.07 Å². The zero-order chi connectivity index (χ0) is 20.4. The van der Waals surface area contributed by atoms with Crippen molar-refractivity contribution in [2.24, 2.45) is 0 Å². The SMILES string of the molecule is CCN(CC)c1ccc(C(=O)OCCNC(=O)CCc2ccc(C)cc2)cn1. The molecule has 0 bridgehead atoms. The van der Waals surface area contributed by atoms with Crippen LogP contribution in [-0.4, -0.2) is 43.1 Å². The van der Waals surface area contributed by atoms with E-state index in [0.717, 1.165) is 24.5 Å². The summed E-state index contributed by atoms with van der Waals surface area (Å²) in [6.07, 6.45) is 2.63. The van der Waals surface area contributed by atoms with Gasteiger partial charge in [-0.1, -0.05) is 29.8 Å². The molecular formula is C22H29N3O3. The molecule has 0 aliphatic carbocycles. The molecule has 0 fully saturated rings. The minimum atomic E-state index is -0.437. The van der Waals surface area contributed by atoms with Gasteiger partial charge in [0, 0.05) is 25.7 Å². The molecule has 28 heavy (non-hydrogen) atoms. The van der Waals surface area contributed by atoms with Crippen molar-refractivity contribution in [1.29, 1.82) is 0 Å². The van der Waals surface area contributed by atoms with Crippen molar-refractivity contribution in [1.82, 2.24) is 10.3 Å². The highest BCUT2D eigenvalue weighted by molar-refractivity contribution is 5.89. The molecule has 2 aromatic rings. The summed E-state index contributed by atoms with van der Waals surface area (Å²) in [7, 11) is 0. The number of anilines is 1. The first-order chi connectivity index (χ1) is 13.5. The first kappa shape index (κ1) is 21.4. The van der Waals surface area contributed by atoms with E-state index >= 15 is 0 Å². The molecule has 0 unspecified atom stereocenters. The van der Waals surface area contributed by atoms with Crippen LogP contribution < -0.4 is 10.2 Å². The van der Waals surface area contributed by atoms with E-state index in [-0.39, 0.29) is 12.5 Å². The van der Waals surface area contributed by atoms with E-state index in [0.29, 0.717) is 24.9 Å². The summed E-state index contributed by atoms with van der Waals surface area (Å²) in [5, 5.41) is 2.77. The number of pyridine rings is 1. The number of carbonyl (C=O) groups excluding carboxylic acids is 2. The maximum atomic E-state index is 12.1. The number of carbonyl (C=O) groups is 2. The summed E-state index contributed by atoms with van der Waals surface area (Å²) >= 11 is 0. The smallest absolute Gasteiger partial charge is 0.339 e. The molecule has 1 aromatic carbocycles. The van der Waals surface area contributed by atoms with Crippen LogP contribution in [-0.2, 0) is 16.0 Å². The lowest BCUT2D eigenvalue weighted by Crippen LogP contribution is -2.28. The summed E-state index contributed by atoms with van der Waals surface area (Å²) in [6, 6.07) is 11.7. The van der Waals surface area contributed by atoms with Gasteiger partial charge in [0.15, 0.2) is 0 Å². The van der Waals surface area contributed by atoms with Gasteiger partial charge in [-0.25, -0.2) is 9.78 Å². The Morgan fingerprint density at radius 3 is 2.39 bits per heavy atom. The lowest BCUT2D eigenvalue weighted by atomic mass is 10.1. The average molecular weight is 383 g/mol. The van der Waals surface area contributed by atoms with Crippen LogP contribution in [0.3, 0.4) is 0 Å². The second-order valence-electron chi connectivity index (χ2n) is 6.55. The highest BCUT2D eigenvalue weighted by Gasteiger charge is 2.10. The van der Waals surface area contributed by atoms with E-state index in [1.807, 2.05) is 37.3 Å². The number of aryl methyl sites for hydroxylation is 2. The summed E-state index contributed by atoms with van der Waals surface area (Å²) in [4.78, 5) is 30.4. The van der Waals surface area contributed by atoms with Crippen LogP contribution in [0.25, 0.3) is 0 Å². The molecular weight excluding hydrogens is 354 g/mol. The van der Waals surface area contributed by atoms with E-state index in [1.165, 1.54) is 11.8 Å². The molecule has 2 rings (SSSR count). The second kappa shape index (κ2) is 11.1. The Balaban J connectivity index is 1.67. The lowest BCUT2D eigenvalue weighted by molar-refractivity contribution is -0.121. The average Bonchev–Trinajstić information content (AvgIpc) is 2.72. The van der Waals surface area contributed by atoms with Crippen molar-refractivity contribution in [3.05, 3.63) is 59.3 Å². The molecule has 1 aromatic heterocycles. The maximum absolute atomic E-state index is 12.1. The van der Waals surface area contributed by atoms with Crippen LogP contribution in [0.15, 0.2) is 42.6 Å². The molecule has 0 atom stereocenters. The van der Waals surface area contributed by atoms with Gasteiger partial charge in [-0.3, -0.25) is 4.79 Å². The lowest BCUT2D eigenvalue weighted by Gasteiger charge is -2.19. The van der Waals surface area contributed by atoms with E-state index in [9.17, 15) is 9.59 Å². The fourth-order valence-corrected chi connectivity index (χ4v) is 2.76. The van der Waals surface area contributed by atoms with Crippen molar-refractivity contribution in [3.63, 3.8) is 0 Å². The summed E-state index contributed by atoms with van der Waals surface area (Å²) in [6.45, 7) is 8.29. The van der Waals surface area contributed by atoms with E-state index in [2.05, 4.69) is 29.0 Å². The molecule has 0 aliphatic rings. The van der Waals surface area contributed by atoms with Crippen molar-refractivity contribution >= 4 is 17.7 Å². The molecule has 0 radical (unpaired) electrons. The Morgan fingerprint density at radius 1 is 1.07 bits per heavy atom. The van der Waals surface area contributed by atoms with E-state index < -0.39 is 5.97 Å². The first-order valence-electron chi connectivity index (χ1n) is 9.73. The van der Waals surface area contributed by atoms with Gasteiger partial charge in [0.1, 0.15) is 12.4 Å². The molecule has 0 saturated heterocycles. The van der Waals surface area contributed by atoms with Crippen molar-refractivity contribution in [2.45, 2.75) is 33.6 Å². The standard InChI is InChI=1S/C22H29N3O3/c1-4-25(5-2)20-12-11-19(16-24-20)22(27)28-15-14-23-21(26)13-10-18-8-6-17(3)7-9-18/h6-9,11-12,16H,4-5,10,13-15H2,1-3H3,(H,23,26). The van der Waals surface area contributed by atoms with Crippen LogP contribution in [0, 0.1) is 6.92 Å². The monoisotopic (exact) mass is 383 g/mol. The Labute approximate surface area is 166 Å². The number of hydrogen-bond acceptors (Lipinski definition) is 5.